The Balaban J connectivity index is 1.97. The van der Waals surface area contributed by atoms with Crippen LogP contribution in [-0.4, -0.2) is 29.4 Å². The van der Waals surface area contributed by atoms with E-state index in [1.807, 2.05) is 4.90 Å². The van der Waals surface area contributed by atoms with Gasteiger partial charge >= 0.3 is 6.18 Å². The van der Waals surface area contributed by atoms with E-state index >= 15 is 0 Å². The van der Waals surface area contributed by atoms with E-state index < -0.39 is 18.2 Å². The number of halogens is 3. The summed E-state index contributed by atoms with van der Waals surface area (Å²) < 4.78 is 37.5. The molecule has 2 heterocycles. The number of alkyl halides is 3. The van der Waals surface area contributed by atoms with Gasteiger partial charge in [0.1, 0.15) is 0 Å². The van der Waals surface area contributed by atoms with Crippen LogP contribution >= 0.6 is 11.3 Å². The Labute approximate surface area is 107 Å². The van der Waals surface area contributed by atoms with Gasteiger partial charge in [0.05, 0.1) is 16.9 Å². The lowest BCUT2D eigenvalue weighted by molar-refractivity contribution is -0.179. The summed E-state index contributed by atoms with van der Waals surface area (Å²) in [5.41, 5.74) is 0. The van der Waals surface area contributed by atoms with Crippen molar-refractivity contribution in [1.82, 2.24) is 4.98 Å². The van der Waals surface area contributed by atoms with Crippen molar-refractivity contribution in [3.05, 3.63) is 11.1 Å². The molecule has 1 aliphatic rings. The van der Waals surface area contributed by atoms with Crippen molar-refractivity contribution in [2.45, 2.75) is 32.0 Å². The Kier molecular flexibility index (Phi) is 3.82. The predicted molar refractivity (Wildman–Crippen MR) is 63.7 cm³/mol. The molecule has 0 aromatic carbocycles. The van der Waals surface area contributed by atoms with Crippen molar-refractivity contribution < 1.29 is 18.3 Å². The number of piperidine rings is 1. The second-order valence-electron chi connectivity index (χ2n) is 4.52. The molecule has 1 unspecified atom stereocenters. The van der Waals surface area contributed by atoms with E-state index in [2.05, 4.69) is 4.98 Å². The number of thiazole rings is 1. The maximum absolute atomic E-state index is 12.5. The molecule has 0 aliphatic carbocycles. The number of aliphatic hydroxyl groups excluding tert-OH is 1. The van der Waals surface area contributed by atoms with Gasteiger partial charge in [0, 0.05) is 19.3 Å². The van der Waals surface area contributed by atoms with Gasteiger partial charge in [-0.15, -0.1) is 0 Å². The topological polar surface area (TPSA) is 36.4 Å². The van der Waals surface area contributed by atoms with Crippen LogP contribution < -0.4 is 4.90 Å². The molecule has 0 amide bonds. The molecule has 18 heavy (non-hydrogen) atoms. The summed E-state index contributed by atoms with van der Waals surface area (Å²) in [6.07, 6.45) is -2.84. The molecular formula is C11H15F3N2OS. The van der Waals surface area contributed by atoms with E-state index in [0.717, 1.165) is 4.88 Å². The highest BCUT2D eigenvalue weighted by atomic mass is 32.1. The van der Waals surface area contributed by atoms with E-state index in [0.29, 0.717) is 18.2 Å². The maximum Gasteiger partial charge on any atom is 0.391 e. The van der Waals surface area contributed by atoms with Crippen molar-refractivity contribution in [2.24, 2.45) is 5.92 Å². The van der Waals surface area contributed by atoms with Crippen LogP contribution in [0.1, 0.15) is 30.7 Å². The Hall–Kier alpha value is -0.820. The van der Waals surface area contributed by atoms with E-state index in [1.165, 1.54) is 11.3 Å². The molecule has 1 N–H and O–H groups in total. The summed E-state index contributed by atoms with van der Waals surface area (Å²) in [4.78, 5) is 6.75. The second-order valence-corrected chi connectivity index (χ2v) is 5.56. The van der Waals surface area contributed by atoms with Gasteiger partial charge in [-0.25, -0.2) is 4.98 Å². The fourth-order valence-electron chi connectivity index (χ4n) is 2.01. The van der Waals surface area contributed by atoms with Crippen molar-refractivity contribution in [3.63, 3.8) is 0 Å². The van der Waals surface area contributed by atoms with Crippen LogP contribution in [0, 0.1) is 5.92 Å². The van der Waals surface area contributed by atoms with Gasteiger partial charge in [0.15, 0.2) is 5.13 Å². The highest BCUT2D eigenvalue weighted by Crippen LogP contribution is 2.36. The number of aliphatic hydroxyl groups is 1. The zero-order chi connectivity index (χ0) is 13.3. The molecule has 1 fully saturated rings. The average Bonchev–Trinajstić information content (AvgIpc) is 2.77. The number of nitrogens with zero attached hydrogens (tertiary/aromatic N) is 2. The summed E-state index contributed by atoms with van der Waals surface area (Å²) in [6, 6.07) is 0. The normalized spacial score (nSPS) is 20.2. The van der Waals surface area contributed by atoms with Gasteiger partial charge in [-0.05, 0) is 19.8 Å². The third-order valence-electron chi connectivity index (χ3n) is 3.15. The summed E-state index contributed by atoms with van der Waals surface area (Å²) in [7, 11) is 0. The van der Waals surface area contributed by atoms with Gasteiger partial charge in [0.25, 0.3) is 0 Å². The highest BCUT2D eigenvalue weighted by molar-refractivity contribution is 7.15. The van der Waals surface area contributed by atoms with Crippen LogP contribution in [0.5, 0.6) is 0 Å². The van der Waals surface area contributed by atoms with Crippen molar-refractivity contribution in [3.8, 4) is 0 Å². The molecule has 7 heteroatoms. The first kappa shape index (κ1) is 13.6. The first-order chi connectivity index (χ1) is 8.38. The molecule has 1 aromatic rings. The van der Waals surface area contributed by atoms with Gasteiger partial charge in [-0.3, -0.25) is 0 Å². The summed E-state index contributed by atoms with van der Waals surface area (Å²) in [5, 5.41) is 10.1. The molecular weight excluding hydrogens is 265 g/mol. The molecule has 0 saturated carbocycles. The number of aromatic nitrogens is 1. The summed E-state index contributed by atoms with van der Waals surface area (Å²) >= 11 is 1.34. The van der Waals surface area contributed by atoms with Crippen LogP contribution in [-0.2, 0) is 0 Å². The first-order valence-electron chi connectivity index (χ1n) is 5.83. The molecule has 0 radical (unpaired) electrons. The average molecular weight is 280 g/mol. The van der Waals surface area contributed by atoms with E-state index in [9.17, 15) is 18.3 Å². The molecule has 0 spiro atoms. The second kappa shape index (κ2) is 5.05. The minimum Gasteiger partial charge on any atom is -0.388 e. The largest absolute Gasteiger partial charge is 0.391 e. The maximum atomic E-state index is 12.5. The third-order valence-corrected chi connectivity index (χ3v) is 4.38. The van der Waals surface area contributed by atoms with E-state index in [4.69, 9.17) is 0 Å². The number of hydrogen-bond donors (Lipinski definition) is 1. The van der Waals surface area contributed by atoms with Crippen LogP contribution in [0.3, 0.4) is 0 Å². The van der Waals surface area contributed by atoms with Gasteiger partial charge in [-0.1, -0.05) is 11.3 Å². The van der Waals surface area contributed by atoms with Crippen LogP contribution in [0.2, 0.25) is 0 Å². The number of hydrogen-bond acceptors (Lipinski definition) is 4. The van der Waals surface area contributed by atoms with Crippen molar-refractivity contribution in [1.29, 1.82) is 0 Å². The number of rotatable bonds is 2. The van der Waals surface area contributed by atoms with Gasteiger partial charge < -0.3 is 10.0 Å². The fraction of sp³-hybridized carbons (Fsp3) is 0.727. The zero-order valence-electron chi connectivity index (χ0n) is 9.94. The van der Waals surface area contributed by atoms with E-state index in [1.54, 1.807) is 13.1 Å². The summed E-state index contributed by atoms with van der Waals surface area (Å²) in [6.45, 7) is 2.39. The molecule has 2 rings (SSSR count). The fourth-order valence-corrected chi connectivity index (χ4v) is 2.92. The Morgan fingerprint density at radius 3 is 2.50 bits per heavy atom. The van der Waals surface area contributed by atoms with Crippen LogP contribution in [0.4, 0.5) is 18.3 Å². The SMILES string of the molecule is CC(O)c1cnc(N2CCC(C(F)(F)F)CC2)s1. The van der Waals surface area contributed by atoms with Crippen LogP contribution in [0.25, 0.3) is 0 Å². The minimum absolute atomic E-state index is 0.118. The molecule has 102 valence electrons. The first-order valence-corrected chi connectivity index (χ1v) is 6.65. The number of anilines is 1. The lowest BCUT2D eigenvalue weighted by Gasteiger charge is -2.32. The quantitative estimate of drug-likeness (QED) is 0.904. The lowest BCUT2D eigenvalue weighted by Crippen LogP contribution is -2.38. The molecule has 1 atom stereocenters. The van der Waals surface area contributed by atoms with Gasteiger partial charge in [-0.2, -0.15) is 13.2 Å². The third kappa shape index (κ3) is 2.95. The monoisotopic (exact) mass is 280 g/mol. The minimum atomic E-state index is -4.08. The Morgan fingerprint density at radius 1 is 1.44 bits per heavy atom. The van der Waals surface area contributed by atoms with Crippen molar-refractivity contribution in [2.75, 3.05) is 18.0 Å². The Bertz CT molecular complexity index is 397. The highest BCUT2D eigenvalue weighted by Gasteiger charge is 2.41. The van der Waals surface area contributed by atoms with Crippen molar-refractivity contribution >= 4 is 16.5 Å². The molecule has 3 nitrogen and oxygen atoms in total. The predicted octanol–water partition coefficient (Wildman–Crippen LogP) is 2.98. The lowest BCUT2D eigenvalue weighted by atomic mass is 9.97. The molecule has 1 saturated heterocycles. The molecule has 1 aromatic heterocycles. The molecule has 1 aliphatic heterocycles. The smallest absolute Gasteiger partial charge is 0.388 e. The summed E-state index contributed by atoms with van der Waals surface area (Å²) in [5.74, 6) is -1.19. The molecule has 0 bridgehead atoms. The zero-order valence-corrected chi connectivity index (χ0v) is 10.8. The standard InChI is InChI=1S/C11H15F3N2OS/c1-7(17)9-6-15-10(18-9)16-4-2-8(3-5-16)11(12,13)14/h6-8,17H,2-5H2,1H3. The Morgan fingerprint density at radius 2 is 2.06 bits per heavy atom. The van der Waals surface area contributed by atoms with Crippen LogP contribution in [0.15, 0.2) is 6.20 Å². The van der Waals surface area contributed by atoms with E-state index in [-0.39, 0.29) is 12.8 Å². The van der Waals surface area contributed by atoms with Gasteiger partial charge in [0.2, 0.25) is 0 Å².